The van der Waals surface area contributed by atoms with Gasteiger partial charge in [0, 0.05) is 0 Å². The molecule has 0 radical (unpaired) electrons. The minimum atomic E-state index is 0.633. The fourth-order valence-electron chi connectivity index (χ4n) is 0.690. The van der Waals surface area contributed by atoms with Crippen LogP contribution in [-0.2, 0) is 0 Å². The van der Waals surface area contributed by atoms with Crippen molar-refractivity contribution in [3.05, 3.63) is 30.3 Å². The Hall–Kier alpha value is -0.200. The first-order chi connectivity index (χ1) is 5.22. The molecule has 0 spiro atoms. The highest BCUT2D eigenvalue weighted by Gasteiger charge is 2.01. The summed E-state index contributed by atoms with van der Waals surface area (Å²) in [5.74, 6) is 5.62. The highest BCUT2D eigenvalue weighted by atomic mass is 127. The van der Waals surface area contributed by atoms with E-state index in [0.29, 0.717) is 3.00 Å². The van der Waals surface area contributed by atoms with Gasteiger partial charge in [-0.25, -0.2) is 5.84 Å². The summed E-state index contributed by atoms with van der Waals surface area (Å²) in [5, 5.41) is 1.47. The van der Waals surface area contributed by atoms with Gasteiger partial charge in [0.25, 0.3) is 0 Å². The third-order valence-electron chi connectivity index (χ3n) is 1.22. The average Bonchev–Trinajstić information content (AvgIpc) is 2.05. The Bertz CT molecular complexity index is 250. The Labute approximate surface area is 84.5 Å². The molecule has 1 rings (SSSR count). The van der Waals surface area contributed by atoms with Crippen LogP contribution in [0.4, 0.5) is 5.69 Å². The summed E-state index contributed by atoms with van der Waals surface area (Å²) in [4.78, 5) is 0. The molecule has 0 unspecified atom stereocenters. The second kappa shape index (κ2) is 3.99. The van der Waals surface area contributed by atoms with Crippen LogP contribution < -0.4 is 10.9 Å². The zero-order valence-electron chi connectivity index (χ0n) is 5.70. The van der Waals surface area contributed by atoms with E-state index in [1.807, 2.05) is 52.9 Å². The van der Waals surface area contributed by atoms with Gasteiger partial charge in [-0.2, -0.15) is 0 Å². The smallest absolute Gasteiger partial charge is 0.159 e. The molecule has 11 heavy (non-hydrogen) atoms. The van der Waals surface area contributed by atoms with Crippen LogP contribution >= 0.6 is 34.8 Å². The molecule has 0 aliphatic heterocycles. The van der Waals surface area contributed by atoms with Gasteiger partial charge in [-0.1, -0.05) is 30.4 Å². The summed E-state index contributed by atoms with van der Waals surface area (Å²) in [6.07, 6.45) is 0. The summed E-state index contributed by atoms with van der Waals surface area (Å²) in [6.45, 7) is 0. The van der Waals surface area contributed by atoms with Crippen LogP contribution in [0.1, 0.15) is 0 Å². The lowest BCUT2D eigenvalue weighted by atomic mass is 10.3. The summed E-state index contributed by atoms with van der Waals surface area (Å²) in [6, 6.07) is 9.59. The number of hydrogen-bond donors (Lipinski definition) is 1. The molecule has 2 N–H and O–H groups in total. The molecular weight excluding hydrogens is 271 g/mol. The molecule has 4 heteroatoms. The van der Waals surface area contributed by atoms with Crippen molar-refractivity contribution in [3.63, 3.8) is 0 Å². The zero-order valence-corrected chi connectivity index (χ0v) is 8.67. The Balaban J connectivity index is 2.85. The number of benzene rings is 1. The molecule has 0 aromatic heterocycles. The third-order valence-corrected chi connectivity index (χ3v) is 1.94. The predicted molar refractivity (Wildman–Crippen MR) is 59.7 cm³/mol. The molecule has 0 amide bonds. The molecule has 0 heterocycles. The number of halogens is 1. The Morgan fingerprint density at radius 3 is 2.36 bits per heavy atom. The number of rotatable bonds is 1. The summed E-state index contributed by atoms with van der Waals surface area (Å²) in [5.41, 5.74) is 0.909. The van der Waals surface area contributed by atoms with Gasteiger partial charge in [0.1, 0.15) is 0 Å². The van der Waals surface area contributed by atoms with Crippen molar-refractivity contribution in [3.8, 4) is 0 Å². The van der Waals surface area contributed by atoms with Crippen molar-refractivity contribution in [2.24, 2.45) is 5.84 Å². The van der Waals surface area contributed by atoms with E-state index < -0.39 is 0 Å². The first-order valence-electron chi connectivity index (χ1n) is 3.01. The largest absolute Gasteiger partial charge is 0.264 e. The SMILES string of the molecule is NN(C(=S)I)c1ccccc1. The lowest BCUT2D eigenvalue weighted by Gasteiger charge is -2.14. The van der Waals surface area contributed by atoms with Gasteiger partial charge in [-0.3, -0.25) is 5.01 Å². The van der Waals surface area contributed by atoms with Crippen molar-refractivity contribution < 1.29 is 0 Å². The van der Waals surface area contributed by atoms with Gasteiger partial charge >= 0.3 is 0 Å². The van der Waals surface area contributed by atoms with E-state index >= 15 is 0 Å². The van der Waals surface area contributed by atoms with E-state index in [1.165, 1.54) is 5.01 Å². The van der Waals surface area contributed by atoms with Gasteiger partial charge in [0.05, 0.1) is 5.69 Å². The maximum atomic E-state index is 5.62. The number of thiocarbonyl (C=S) groups is 1. The van der Waals surface area contributed by atoms with Crippen molar-refractivity contribution in [2.75, 3.05) is 5.01 Å². The van der Waals surface area contributed by atoms with E-state index in [9.17, 15) is 0 Å². The number of nitrogens with zero attached hydrogens (tertiary/aromatic N) is 1. The molecule has 0 saturated heterocycles. The number of hydrogen-bond acceptors (Lipinski definition) is 2. The number of hydrazine groups is 1. The fraction of sp³-hybridized carbons (Fsp3) is 0. The van der Waals surface area contributed by atoms with Crippen molar-refractivity contribution in [1.29, 1.82) is 0 Å². The lowest BCUT2D eigenvalue weighted by Crippen LogP contribution is -2.32. The fourth-order valence-corrected chi connectivity index (χ4v) is 1.07. The van der Waals surface area contributed by atoms with E-state index in [2.05, 4.69) is 0 Å². The van der Waals surface area contributed by atoms with Crippen LogP contribution in [0, 0.1) is 0 Å². The molecule has 0 fully saturated rings. The topological polar surface area (TPSA) is 29.3 Å². The van der Waals surface area contributed by atoms with Crippen molar-refractivity contribution >= 4 is 43.5 Å². The molecule has 1 aromatic carbocycles. The van der Waals surface area contributed by atoms with Crippen molar-refractivity contribution in [2.45, 2.75) is 0 Å². The highest BCUT2D eigenvalue weighted by molar-refractivity contribution is 14.1. The quantitative estimate of drug-likeness (QED) is 0.213. The van der Waals surface area contributed by atoms with Crippen LogP contribution in [0.25, 0.3) is 0 Å². The first-order valence-corrected chi connectivity index (χ1v) is 4.50. The molecule has 58 valence electrons. The van der Waals surface area contributed by atoms with Gasteiger partial charge < -0.3 is 0 Å². The molecule has 0 aliphatic carbocycles. The van der Waals surface area contributed by atoms with Crippen LogP contribution in [0.15, 0.2) is 30.3 Å². The van der Waals surface area contributed by atoms with Crippen LogP contribution in [0.2, 0.25) is 0 Å². The normalized spacial score (nSPS) is 9.27. The number of anilines is 1. The Morgan fingerprint density at radius 1 is 1.36 bits per heavy atom. The monoisotopic (exact) mass is 278 g/mol. The number of para-hydroxylation sites is 1. The van der Waals surface area contributed by atoms with E-state index in [-0.39, 0.29) is 0 Å². The molecule has 0 bridgehead atoms. The predicted octanol–water partition coefficient (Wildman–Crippen LogP) is 2.09. The minimum absolute atomic E-state index is 0.633. The summed E-state index contributed by atoms with van der Waals surface area (Å²) < 4.78 is 0.633. The molecule has 2 nitrogen and oxygen atoms in total. The van der Waals surface area contributed by atoms with Crippen LogP contribution in [-0.4, -0.2) is 3.00 Å². The van der Waals surface area contributed by atoms with Crippen LogP contribution in [0.3, 0.4) is 0 Å². The number of nitrogens with two attached hydrogens (primary N) is 1. The van der Waals surface area contributed by atoms with Gasteiger partial charge in [0.15, 0.2) is 3.00 Å². The lowest BCUT2D eigenvalue weighted by molar-refractivity contribution is 1.17. The average molecular weight is 278 g/mol. The van der Waals surface area contributed by atoms with Crippen LogP contribution in [0.5, 0.6) is 0 Å². The standard InChI is InChI=1S/C7H7IN2S/c8-7(11)10(9)6-4-2-1-3-5-6/h1-5H,9H2. The van der Waals surface area contributed by atoms with E-state index in [4.69, 9.17) is 18.1 Å². The second-order valence-corrected chi connectivity index (χ2v) is 4.10. The first kappa shape index (κ1) is 8.89. The second-order valence-electron chi connectivity index (χ2n) is 1.96. The van der Waals surface area contributed by atoms with Gasteiger partial charge in [-0.15, -0.1) is 0 Å². The van der Waals surface area contributed by atoms with E-state index in [1.54, 1.807) is 0 Å². The molecule has 0 aliphatic rings. The van der Waals surface area contributed by atoms with E-state index in [0.717, 1.165) is 5.69 Å². The minimum Gasteiger partial charge on any atom is -0.264 e. The van der Waals surface area contributed by atoms with Crippen molar-refractivity contribution in [1.82, 2.24) is 0 Å². The molecular formula is C7H7IN2S. The zero-order chi connectivity index (χ0) is 8.27. The van der Waals surface area contributed by atoms with Gasteiger partial charge in [-0.05, 0) is 34.7 Å². The maximum absolute atomic E-state index is 5.62. The molecule has 0 saturated carbocycles. The summed E-state index contributed by atoms with van der Waals surface area (Å²) in [7, 11) is 0. The highest BCUT2D eigenvalue weighted by Crippen LogP contribution is 2.11. The maximum Gasteiger partial charge on any atom is 0.159 e. The Morgan fingerprint density at radius 2 is 1.91 bits per heavy atom. The molecule has 0 atom stereocenters. The molecule has 1 aromatic rings. The Kier molecular flexibility index (Phi) is 3.22. The van der Waals surface area contributed by atoms with Gasteiger partial charge in [0.2, 0.25) is 0 Å². The third kappa shape index (κ3) is 2.39. The summed E-state index contributed by atoms with van der Waals surface area (Å²) >= 11 is 6.89.